The van der Waals surface area contributed by atoms with Crippen LogP contribution in [0, 0.1) is 0 Å². The van der Waals surface area contributed by atoms with E-state index in [9.17, 15) is 4.79 Å². The molecule has 0 saturated carbocycles. The van der Waals surface area contributed by atoms with Crippen LogP contribution in [-0.4, -0.2) is 80.1 Å². The van der Waals surface area contributed by atoms with E-state index in [1.807, 2.05) is 62.4 Å². The number of hydrogen-bond donors (Lipinski definition) is 0. The van der Waals surface area contributed by atoms with Crippen molar-refractivity contribution in [3.8, 4) is 5.75 Å². The Morgan fingerprint density at radius 1 is 1.03 bits per heavy atom. The third-order valence-corrected chi connectivity index (χ3v) is 6.23. The molecular formula is C23H32ClN2O3Pb. The van der Waals surface area contributed by atoms with Crippen molar-refractivity contribution < 1.29 is 14.3 Å². The minimum absolute atomic E-state index is 0.0947. The fraction of sp³-hybridized carbons (Fsp3) is 0.435. The van der Waals surface area contributed by atoms with E-state index in [1.165, 1.54) is 29.9 Å². The van der Waals surface area contributed by atoms with Crippen LogP contribution < -0.4 is 9.64 Å². The second-order valence-electron chi connectivity index (χ2n) is 6.12. The first-order valence-corrected chi connectivity index (χ1v) is 13.5. The Balaban J connectivity index is 0.000000474. The van der Waals surface area contributed by atoms with Gasteiger partial charge in [-0.1, -0.05) is 50.2 Å². The van der Waals surface area contributed by atoms with Crippen LogP contribution >= 0.6 is 11.6 Å². The zero-order valence-electron chi connectivity index (χ0n) is 18.1. The topological polar surface area (TPSA) is 42.0 Å². The van der Waals surface area contributed by atoms with Gasteiger partial charge < -0.3 is 4.74 Å². The molecule has 0 unspecified atom stereocenters. The molecule has 5 nitrogen and oxygen atoms in total. The van der Waals surface area contributed by atoms with Crippen molar-refractivity contribution in [3.63, 3.8) is 0 Å². The number of nitrogens with zero attached hydrogens (tertiary/aromatic N) is 2. The summed E-state index contributed by atoms with van der Waals surface area (Å²) in [5.41, 5.74) is 1.03. The molecule has 1 heterocycles. The second-order valence-corrected chi connectivity index (χ2v) is 7.76. The zero-order valence-corrected chi connectivity index (χ0v) is 22.8. The van der Waals surface area contributed by atoms with Crippen LogP contribution in [0.25, 0.3) is 0 Å². The number of carbonyl (C=O) groups is 1. The number of esters is 1. The molecule has 0 atom stereocenters. The van der Waals surface area contributed by atoms with Crippen molar-refractivity contribution >= 4 is 49.0 Å². The first-order valence-electron chi connectivity index (χ1n) is 10.3. The molecule has 0 aromatic heterocycles. The molecule has 1 aliphatic heterocycles. The molecule has 7 heteroatoms. The molecule has 163 valence electrons. The van der Waals surface area contributed by atoms with Gasteiger partial charge in [0.25, 0.3) is 0 Å². The molecule has 0 aliphatic carbocycles. The van der Waals surface area contributed by atoms with Gasteiger partial charge in [0.05, 0.1) is 6.61 Å². The van der Waals surface area contributed by atoms with Crippen molar-refractivity contribution in [1.82, 2.24) is 4.90 Å². The van der Waals surface area contributed by atoms with Gasteiger partial charge in [-0.25, -0.2) is 4.79 Å². The molecular weight excluding hydrogens is 595 g/mol. The first-order chi connectivity index (χ1) is 14.6. The van der Waals surface area contributed by atoms with Crippen molar-refractivity contribution in [2.75, 3.05) is 48.4 Å². The number of anilines is 1. The maximum absolute atomic E-state index is 11.3. The molecule has 0 bridgehead atoms. The molecule has 0 amide bonds. The van der Waals surface area contributed by atoms with Gasteiger partial charge in [-0.3, -0.25) is 0 Å². The number of benzene rings is 2. The first kappa shape index (κ1) is 26.7. The Labute approximate surface area is 202 Å². The van der Waals surface area contributed by atoms with Gasteiger partial charge in [0.2, 0.25) is 0 Å². The summed E-state index contributed by atoms with van der Waals surface area (Å²) in [4.78, 5) is 16.1. The molecule has 0 spiro atoms. The van der Waals surface area contributed by atoms with E-state index in [2.05, 4.69) is 9.80 Å². The van der Waals surface area contributed by atoms with Crippen molar-refractivity contribution in [1.29, 1.82) is 0 Å². The standard InChI is InChI=1S/C15H20ClN2O3.C6H6.C2H6.Pb/c1-3-20-15(19)11-21-12-4-5-14(13(16)10-12)18-8-6-17(2)7-9-18;1-2-4-6-5-3-1;1-2;/h4-5,10H,2-3,6-9,11H2,1H3;1-6H;1-2H3;. The van der Waals surface area contributed by atoms with Gasteiger partial charge in [-0.05, 0) is 6.92 Å². The van der Waals surface area contributed by atoms with Crippen LogP contribution in [0.3, 0.4) is 0 Å². The molecule has 0 N–H and O–H groups in total. The molecule has 2 aromatic carbocycles. The molecule has 1 aliphatic rings. The molecule has 1 saturated heterocycles. The number of ether oxygens (including phenoxy) is 2. The summed E-state index contributed by atoms with van der Waals surface area (Å²) in [5.74, 6) is 0.210. The predicted molar refractivity (Wildman–Crippen MR) is 126 cm³/mol. The molecule has 2 aromatic rings. The summed E-state index contributed by atoms with van der Waals surface area (Å²) in [6, 6.07) is 17.6. The SMILES string of the molecule is CC.CCOC(=O)COc1ccc(N2CCN([CH2][Pb])CC2)c(Cl)c1.c1ccccc1. The van der Waals surface area contributed by atoms with E-state index < -0.39 is 0 Å². The minimum atomic E-state index is -0.373. The van der Waals surface area contributed by atoms with Gasteiger partial charge in [0.15, 0.2) is 0 Å². The fourth-order valence-electron chi connectivity index (χ4n) is 2.71. The molecule has 30 heavy (non-hydrogen) atoms. The number of halogens is 1. The van der Waals surface area contributed by atoms with Crippen LogP contribution in [0.1, 0.15) is 20.8 Å². The third-order valence-electron chi connectivity index (χ3n) is 4.18. The second kappa shape index (κ2) is 16.4. The number of carbonyl (C=O) groups excluding carboxylic acids is 1. The molecule has 1 fully saturated rings. The van der Waals surface area contributed by atoms with E-state index in [0.717, 1.165) is 31.9 Å². The smallest absolute Gasteiger partial charge is 0.0623 e. The predicted octanol–water partition coefficient (Wildman–Crippen LogP) is 4.24. The van der Waals surface area contributed by atoms with Crippen LogP contribution in [0.15, 0.2) is 54.6 Å². The summed E-state index contributed by atoms with van der Waals surface area (Å²) < 4.78 is 11.4. The van der Waals surface area contributed by atoms with Gasteiger partial charge in [-0.15, -0.1) is 0 Å². The number of rotatable bonds is 6. The zero-order chi connectivity index (χ0) is 22.2. The largest absolute Gasteiger partial charge is 0.0623 e. The number of hydrogen-bond acceptors (Lipinski definition) is 5. The molecule has 3 radical (unpaired) electrons. The summed E-state index contributed by atoms with van der Waals surface area (Å²) in [5, 5.41) is 0.653. The Kier molecular flexibility index (Phi) is 14.6. The van der Waals surface area contributed by atoms with Crippen molar-refractivity contribution in [3.05, 3.63) is 59.6 Å². The number of piperazine rings is 1. The fourth-order valence-corrected chi connectivity index (χ4v) is 4.23. The Morgan fingerprint density at radius 2 is 1.60 bits per heavy atom. The van der Waals surface area contributed by atoms with Crippen molar-refractivity contribution in [2.24, 2.45) is 0 Å². The third kappa shape index (κ3) is 10.1. The van der Waals surface area contributed by atoms with Crippen LogP contribution in [-0.2, 0) is 9.53 Å². The van der Waals surface area contributed by atoms with E-state index in [-0.39, 0.29) is 12.6 Å². The Bertz CT molecular complexity index is 684. The normalized spacial score (nSPS) is 13.3. The summed E-state index contributed by atoms with van der Waals surface area (Å²) in [7, 11) is 0. The van der Waals surface area contributed by atoms with E-state index in [4.69, 9.17) is 21.1 Å². The van der Waals surface area contributed by atoms with E-state index in [0.29, 0.717) is 17.4 Å². The van der Waals surface area contributed by atoms with E-state index in [1.54, 1.807) is 13.0 Å². The average molecular weight is 627 g/mol. The monoisotopic (exact) mass is 627 g/mol. The summed E-state index contributed by atoms with van der Waals surface area (Å²) in [6.45, 7) is 10.2. The van der Waals surface area contributed by atoms with Gasteiger partial charge in [-0.2, -0.15) is 0 Å². The average Bonchev–Trinajstić information content (AvgIpc) is 2.81. The van der Waals surface area contributed by atoms with Crippen LogP contribution in [0.5, 0.6) is 5.75 Å². The Morgan fingerprint density at radius 3 is 2.07 bits per heavy atom. The summed E-state index contributed by atoms with van der Waals surface area (Å²) in [6.07, 6.45) is 0. The maximum atomic E-state index is 11.3. The minimum Gasteiger partial charge on any atom is -0.0623 e. The maximum Gasteiger partial charge on any atom is -0.0623 e. The van der Waals surface area contributed by atoms with E-state index >= 15 is 0 Å². The van der Waals surface area contributed by atoms with Crippen LogP contribution in [0.4, 0.5) is 5.69 Å². The summed E-state index contributed by atoms with van der Waals surface area (Å²) >= 11 is 7.58. The quantitative estimate of drug-likeness (QED) is 0.355. The van der Waals surface area contributed by atoms with Gasteiger partial charge >= 0.3 is 129 Å². The van der Waals surface area contributed by atoms with Gasteiger partial charge in [0.1, 0.15) is 0 Å². The van der Waals surface area contributed by atoms with Crippen molar-refractivity contribution in [2.45, 2.75) is 20.8 Å². The molecule has 3 rings (SSSR count). The Hall–Kier alpha value is -1.32. The van der Waals surface area contributed by atoms with Crippen LogP contribution in [0.2, 0.25) is 5.02 Å². The van der Waals surface area contributed by atoms with Gasteiger partial charge in [0, 0.05) is 0 Å².